The van der Waals surface area contributed by atoms with Crippen LogP contribution in [0.4, 0.5) is 4.79 Å². The second-order valence-corrected chi connectivity index (χ2v) is 6.08. The Morgan fingerprint density at radius 2 is 2.12 bits per heavy atom. The minimum Gasteiger partial charge on any atom is -0.444 e. The van der Waals surface area contributed by atoms with Gasteiger partial charge < -0.3 is 14.7 Å². The average molecular weight is 247 g/mol. The quantitative estimate of drug-likeness (QED) is 0.805. The van der Waals surface area contributed by atoms with Crippen molar-refractivity contribution in [3.63, 3.8) is 0 Å². The predicted molar refractivity (Wildman–Crippen MR) is 65.7 cm³/mol. The number of thioether (sulfide) groups is 1. The number of ether oxygens (including phenoxy) is 1. The summed E-state index contributed by atoms with van der Waals surface area (Å²) in [6.45, 7) is 6.52. The van der Waals surface area contributed by atoms with Gasteiger partial charge in [-0.1, -0.05) is 0 Å². The number of aliphatic hydroxyl groups excluding tert-OH is 1. The van der Waals surface area contributed by atoms with Crippen molar-refractivity contribution in [1.82, 2.24) is 4.90 Å². The lowest BCUT2D eigenvalue weighted by atomic mass is 10.1. The highest BCUT2D eigenvalue weighted by Crippen LogP contribution is 2.22. The summed E-state index contributed by atoms with van der Waals surface area (Å²) in [7, 11) is 0. The maximum absolute atomic E-state index is 11.7. The normalized spacial score (nSPS) is 25.9. The van der Waals surface area contributed by atoms with Gasteiger partial charge in [-0.05, 0) is 27.0 Å². The highest BCUT2D eigenvalue weighted by Gasteiger charge is 2.35. The van der Waals surface area contributed by atoms with Crippen molar-refractivity contribution in [3.05, 3.63) is 0 Å². The molecular weight excluding hydrogens is 226 g/mol. The first-order valence-corrected chi connectivity index (χ1v) is 6.88. The van der Waals surface area contributed by atoms with E-state index in [0.717, 1.165) is 5.75 Å². The Balaban J connectivity index is 2.48. The molecule has 0 aromatic rings. The molecule has 0 radical (unpaired) electrons. The van der Waals surface area contributed by atoms with Crippen LogP contribution in [-0.2, 0) is 4.74 Å². The zero-order chi connectivity index (χ0) is 12.3. The molecule has 0 aliphatic carbocycles. The predicted octanol–water partition coefficient (Wildman–Crippen LogP) is 1.58. The third-order valence-electron chi connectivity index (χ3n) is 2.44. The summed E-state index contributed by atoms with van der Waals surface area (Å²) in [6.07, 6.45) is 1.26. The van der Waals surface area contributed by atoms with E-state index in [4.69, 9.17) is 4.74 Å². The fraction of sp³-hybridized carbons (Fsp3) is 0.909. The van der Waals surface area contributed by atoms with E-state index in [-0.39, 0.29) is 12.0 Å². The van der Waals surface area contributed by atoms with Crippen molar-refractivity contribution in [2.75, 3.05) is 25.1 Å². The van der Waals surface area contributed by atoms with Gasteiger partial charge in [0.2, 0.25) is 0 Å². The van der Waals surface area contributed by atoms with Crippen LogP contribution in [0.3, 0.4) is 0 Å². The molecule has 0 aromatic heterocycles. The minimum absolute atomic E-state index is 0.169. The monoisotopic (exact) mass is 247 g/mol. The van der Waals surface area contributed by atoms with Gasteiger partial charge in [0.25, 0.3) is 0 Å². The molecule has 2 unspecified atom stereocenters. The molecule has 2 atom stereocenters. The number of nitrogens with zero attached hydrogens (tertiary/aromatic N) is 1. The van der Waals surface area contributed by atoms with Crippen molar-refractivity contribution in [1.29, 1.82) is 0 Å². The first-order valence-electron chi connectivity index (χ1n) is 5.48. The van der Waals surface area contributed by atoms with E-state index < -0.39 is 11.7 Å². The summed E-state index contributed by atoms with van der Waals surface area (Å²) in [5, 5.41) is 9.77. The number of carbonyl (C=O) groups is 1. The maximum Gasteiger partial charge on any atom is 0.410 e. The summed E-state index contributed by atoms with van der Waals surface area (Å²) in [5.74, 6) is 1.04. The molecular formula is C11H21NO3S. The first-order chi connectivity index (χ1) is 7.33. The Morgan fingerprint density at radius 1 is 1.50 bits per heavy atom. The zero-order valence-electron chi connectivity index (χ0n) is 10.4. The van der Waals surface area contributed by atoms with Crippen molar-refractivity contribution in [2.45, 2.75) is 32.5 Å². The largest absolute Gasteiger partial charge is 0.444 e. The van der Waals surface area contributed by atoms with Crippen LogP contribution in [0.15, 0.2) is 0 Å². The topological polar surface area (TPSA) is 49.8 Å². The lowest BCUT2D eigenvalue weighted by Gasteiger charge is -2.24. The Bertz CT molecular complexity index is 252. The molecule has 0 saturated carbocycles. The number of hydrogen-bond donors (Lipinski definition) is 1. The zero-order valence-corrected chi connectivity index (χ0v) is 11.2. The molecule has 1 amide bonds. The van der Waals surface area contributed by atoms with Crippen LogP contribution >= 0.6 is 11.8 Å². The van der Waals surface area contributed by atoms with Gasteiger partial charge in [0, 0.05) is 18.2 Å². The van der Waals surface area contributed by atoms with Crippen molar-refractivity contribution >= 4 is 17.9 Å². The van der Waals surface area contributed by atoms with Crippen molar-refractivity contribution < 1.29 is 14.6 Å². The second-order valence-electron chi connectivity index (χ2n) is 5.17. The summed E-state index contributed by atoms with van der Waals surface area (Å²) >= 11 is 1.69. The Morgan fingerprint density at radius 3 is 2.62 bits per heavy atom. The average Bonchev–Trinajstić information content (AvgIpc) is 2.46. The lowest BCUT2D eigenvalue weighted by Crippen LogP contribution is -2.35. The third kappa shape index (κ3) is 3.87. The number of amides is 1. The number of rotatable bonds is 2. The van der Waals surface area contributed by atoms with E-state index in [9.17, 15) is 9.90 Å². The van der Waals surface area contributed by atoms with Crippen LogP contribution in [-0.4, -0.2) is 52.9 Å². The molecule has 0 aromatic carbocycles. The molecule has 1 aliphatic heterocycles. The second kappa shape index (κ2) is 5.27. The molecule has 4 nitrogen and oxygen atoms in total. The summed E-state index contributed by atoms with van der Waals surface area (Å²) in [5.41, 5.74) is -0.473. The smallest absolute Gasteiger partial charge is 0.410 e. The number of carbonyl (C=O) groups excluding carboxylic acids is 1. The van der Waals surface area contributed by atoms with E-state index in [1.165, 1.54) is 0 Å². The van der Waals surface area contributed by atoms with E-state index >= 15 is 0 Å². The van der Waals surface area contributed by atoms with E-state index in [0.29, 0.717) is 13.1 Å². The SMILES string of the molecule is CSCC1CN(C(=O)OC(C)(C)C)CC1O. The number of likely N-dealkylation sites (tertiary alicyclic amines) is 1. The Labute approximate surface area is 101 Å². The van der Waals surface area contributed by atoms with Crippen LogP contribution in [0.5, 0.6) is 0 Å². The van der Waals surface area contributed by atoms with Gasteiger partial charge >= 0.3 is 6.09 Å². The first kappa shape index (κ1) is 13.6. The molecule has 94 valence electrons. The van der Waals surface area contributed by atoms with Gasteiger partial charge in [-0.2, -0.15) is 11.8 Å². The van der Waals surface area contributed by atoms with Gasteiger partial charge in [-0.3, -0.25) is 0 Å². The van der Waals surface area contributed by atoms with Gasteiger partial charge in [0.05, 0.1) is 12.6 Å². The van der Waals surface area contributed by atoms with Gasteiger partial charge in [0.1, 0.15) is 5.60 Å². The highest BCUT2D eigenvalue weighted by atomic mass is 32.2. The number of aliphatic hydroxyl groups is 1. The molecule has 1 aliphatic rings. The van der Waals surface area contributed by atoms with Crippen LogP contribution in [0.25, 0.3) is 0 Å². The van der Waals surface area contributed by atoms with E-state index in [1.807, 2.05) is 27.0 Å². The van der Waals surface area contributed by atoms with E-state index in [2.05, 4.69) is 0 Å². The van der Waals surface area contributed by atoms with Crippen molar-refractivity contribution in [2.24, 2.45) is 5.92 Å². The van der Waals surface area contributed by atoms with Gasteiger partial charge in [-0.25, -0.2) is 4.79 Å². The van der Waals surface area contributed by atoms with Crippen LogP contribution in [0.1, 0.15) is 20.8 Å². The molecule has 1 fully saturated rings. The Kier molecular flexibility index (Phi) is 4.50. The van der Waals surface area contributed by atoms with Crippen LogP contribution in [0, 0.1) is 5.92 Å². The molecule has 1 N–H and O–H groups in total. The molecule has 16 heavy (non-hydrogen) atoms. The fourth-order valence-corrected chi connectivity index (χ4v) is 2.46. The molecule has 0 spiro atoms. The lowest BCUT2D eigenvalue weighted by molar-refractivity contribution is 0.0270. The highest BCUT2D eigenvalue weighted by molar-refractivity contribution is 7.98. The molecule has 1 saturated heterocycles. The molecule has 0 bridgehead atoms. The summed E-state index contributed by atoms with van der Waals surface area (Å²) in [4.78, 5) is 13.3. The standard InChI is InChI=1S/C11H21NO3S/c1-11(2,3)15-10(14)12-5-8(7-16-4)9(13)6-12/h8-9,13H,5-7H2,1-4H3. The maximum atomic E-state index is 11.7. The van der Waals surface area contributed by atoms with Gasteiger partial charge in [0.15, 0.2) is 0 Å². The summed E-state index contributed by atoms with van der Waals surface area (Å²) in [6, 6.07) is 0. The molecule has 5 heteroatoms. The number of β-amino-alcohol motifs (C(OH)–C–C–N with tert-alkyl or cyclic N) is 1. The van der Waals surface area contributed by atoms with Crippen molar-refractivity contribution in [3.8, 4) is 0 Å². The Hall–Kier alpha value is -0.420. The summed E-state index contributed by atoms with van der Waals surface area (Å²) < 4.78 is 5.27. The van der Waals surface area contributed by atoms with Crippen LogP contribution in [0.2, 0.25) is 0 Å². The van der Waals surface area contributed by atoms with Crippen LogP contribution < -0.4 is 0 Å². The third-order valence-corrected chi connectivity index (χ3v) is 3.20. The molecule has 1 heterocycles. The number of hydrogen-bond acceptors (Lipinski definition) is 4. The van der Waals surface area contributed by atoms with E-state index in [1.54, 1.807) is 16.7 Å². The molecule has 1 rings (SSSR count). The van der Waals surface area contributed by atoms with Gasteiger partial charge in [-0.15, -0.1) is 0 Å². The fourth-order valence-electron chi connectivity index (χ4n) is 1.71. The minimum atomic E-state index is -0.473.